The van der Waals surface area contributed by atoms with Crippen molar-refractivity contribution in [1.29, 1.82) is 0 Å². The van der Waals surface area contributed by atoms with E-state index in [1.54, 1.807) is 14.0 Å². The van der Waals surface area contributed by atoms with E-state index < -0.39 is 0 Å². The fourth-order valence-electron chi connectivity index (χ4n) is 1.90. The van der Waals surface area contributed by atoms with Crippen molar-refractivity contribution < 1.29 is 9.59 Å². The third kappa shape index (κ3) is 4.18. The summed E-state index contributed by atoms with van der Waals surface area (Å²) in [5.41, 5.74) is 0. The van der Waals surface area contributed by atoms with Gasteiger partial charge in [0.1, 0.15) is 0 Å². The molecule has 1 unspecified atom stereocenters. The zero-order chi connectivity index (χ0) is 12.0. The lowest BCUT2D eigenvalue weighted by atomic mass is 10.2. The van der Waals surface area contributed by atoms with Gasteiger partial charge in [0.2, 0.25) is 11.8 Å². The van der Waals surface area contributed by atoms with Crippen LogP contribution in [0.4, 0.5) is 0 Å². The molecule has 0 aliphatic heterocycles. The molecule has 0 spiro atoms. The van der Waals surface area contributed by atoms with Crippen molar-refractivity contribution in [1.82, 2.24) is 16.0 Å². The molecule has 0 radical (unpaired) electrons. The minimum Gasteiger partial charge on any atom is -0.358 e. The highest BCUT2D eigenvalue weighted by molar-refractivity contribution is 5.83. The molecule has 1 fully saturated rings. The number of rotatable bonds is 5. The molecule has 92 valence electrons. The Morgan fingerprint density at radius 1 is 1.31 bits per heavy atom. The zero-order valence-corrected chi connectivity index (χ0v) is 10.0. The van der Waals surface area contributed by atoms with Crippen LogP contribution >= 0.6 is 0 Å². The van der Waals surface area contributed by atoms with Gasteiger partial charge in [0.15, 0.2) is 0 Å². The molecule has 0 aromatic rings. The van der Waals surface area contributed by atoms with E-state index in [1.165, 1.54) is 12.8 Å². The Kier molecular flexibility index (Phi) is 5.25. The molecule has 0 aromatic carbocycles. The van der Waals surface area contributed by atoms with Crippen molar-refractivity contribution in [2.24, 2.45) is 0 Å². The highest BCUT2D eigenvalue weighted by atomic mass is 16.2. The van der Waals surface area contributed by atoms with Gasteiger partial charge in [-0.1, -0.05) is 12.8 Å². The summed E-state index contributed by atoms with van der Waals surface area (Å²) in [6, 6.07) is 0.00364. The maximum Gasteiger partial charge on any atom is 0.236 e. The fraction of sp³-hybridized carbons (Fsp3) is 0.818. The topological polar surface area (TPSA) is 70.2 Å². The molecule has 1 saturated carbocycles. The van der Waals surface area contributed by atoms with E-state index in [0.717, 1.165) is 12.8 Å². The van der Waals surface area contributed by atoms with Gasteiger partial charge in [0, 0.05) is 13.1 Å². The second-order valence-electron chi connectivity index (χ2n) is 4.27. The van der Waals surface area contributed by atoms with E-state index in [-0.39, 0.29) is 24.4 Å². The summed E-state index contributed by atoms with van der Waals surface area (Å²) >= 11 is 0. The standard InChI is InChI=1S/C11H21N3O2/c1-8(11(16)12-2)13-7-10(15)14-9-5-3-4-6-9/h8-9,13H,3-7H2,1-2H3,(H,12,16)(H,14,15). The second kappa shape index (κ2) is 6.48. The molecule has 5 heteroatoms. The van der Waals surface area contributed by atoms with E-state index in [4.69, 9.17) is 0 Å². The summed E-state index contributed by atoms with van der Waals surface area (Å²) < 4.78 is 0. The predicted molar refractivity (Wildman–Crippen MR) is 61.9 cm³/mol. The molecule has 0 saturated heterocycles. The molecule has 3 N–H and O–H groups in total. The highest BCUT2D eigenvalue weighted by Crippen LogP contribution is 2.17. The number of nitrogens with one attached hydrogen (secondary N) is 3. The van der Waals surface area contributed by atoms with Gasteiger partial charge < -0.3 is 10.6 Å². The van der Waals surface area contributed by atoms with Gasteiger partial charge in [0.05, 0.1) is 12.6 Å². The molecule has 1 aliphatic carbocycles. The van der Waals surface area contributed by atoms with Gasteiger partial charge in [-0.05, 0) is 19.8 Å². The van der Waals surface area contributed by atoms with Crippen molar-refractivity contribution in [3.05, 3.63) is 0 Å². The second-order valence-corrected chi connectivity index (χ2v) is 4.27. The van der Waals surface area contributed by atoms with Crippen LogP contribution in [-0.2, 0) is 9.59 Å². The van der Waals surface area contributed by atoms with Gasteiger partial charge in [-0.15, -0.1) is 0 Å². The summed E-state index contributed by atoms with van der Waals surface area (Å²) in [6.07, 6.45) is 4.56. The lowest BCUT2D eigenvalue weighted by molar-refractivity contribution is -0.123. The monoisotopic (exact) mass is 227 g/mol. The van der Waals surface area contributed by atoms with Gasteiger partial charge in [-0.2, -0.15) is 0 Å². The van der Waals surface area contributed by atoms with Gasteiger partial charge >= 0.3 is 0 Å². The van der Waals surface area contributed by atoms with Crippen molar-refractivity contribution in [2.45, 2.75) is 44.7 Å². The highest BCUT2D eigenvalue weighted by Gasteiger charge is 2.18. The van der Waals surface area contributed by atoms with Gasteiger partial charge in [-0.25, -0.2) is 0 Å². The average molecular weight is 227 g/mol. The minimum atomic E-state index is -0.334. The summed E-state index contributed by atoms with van der Waals surface area (Å²) in [7, 11) is 1.58. The zero-order valence-electron chi connectivity index (χ0n) is 10.0. The van der Waals surface area contributed by atoms with E-state index in [9.17, 15) is 9.59 Å². The third-order valence-electron chi connectivity index (χ3n) is 2.93. The fourth-order valence-corrected chi connectivity index (χ4v) is 1.90. The molecular formula is C11H21N3O2. The Hall–Kier alpha value is -1.10. The first-order valence-corrected chi connectivity index (χ1v) is 5.88. The van der Waals surface area contributed by atoms with E-state index in [0.29, 0.717) is 6.04 Å². The van der Waals surface area contributed by atoms with Crippen molar-refractivity contribution in [3.8, 4) is 0 Å². The lowest BCUT2D eigenvalue weighted by Gasteiger charge is -2.15. The van der Waals surface area contributed by atoms with Crippen LogP contribution < -0.4 is 16.0 Å². The summed E-state index contributed by atoms with van der Waals surface area (Å²) in [6.45, 7) is 1.94. The van der Waals surface area contributed by atoms with Crippen LogP contribution in [0, 0.1) is 0 Å². The number of hydrogen-bond acceptors (Lipinski definition) is 3. The Morgan fingerprint density at radius 2 is 1.94 bits per heavy atom. The molecule has 0 bridgehead atoms. The lowest BCUT2D eigenvalue weighted by Crippen LogP contribution is -2.46. The largest absolute Gasteiger partial charge is 0.358 e. The van der Waals surface area contributed by atoms with Crippen LogP contribution in [-0.4, -0.2) is 37.5 Å². The maximum absolute atomic E-state index is 11.5. The summed E-state index contributed by atoms with van der Waals surface area (Å²) in [4.78, 5) is 22.7. The first-order valence-electron chi connectivity index (χ1n) is 5.88. The van der Waals surface area contributed by atoms with Crippen LogP contribution in [0.15, 0.2) is 0 Å². The summed E-state index contributed by atoms with van der Waals surface area (Å²) in [5.74, 6) is -0.128. The SMILES string of the molecule is CNC(=O)C(C)NCC(=O)NC1CCCC1. The Morgan fingerprint density at radius 3 is 2.50 bits per heavy atom. The molecule has 5 nitrogen and oxygen atoms in total. The molecule has 1 rings (SSSR count). The molecular weight excluding hydrogens is 206 g/mol. The van der Waals surface area contributed by atoms with Gasteiger partial charge in [-0.3, -0.25) is 14.9 Å². The molecule has 0 heterocycles. The molecule has 16 heavy (non-hydrogen) atoms. The van der Waals surface area contributed by atoms with E-state index in [2.05, 4.69) is 16.0 Å². The number of amides is 2. The third-order valence-corrected chi connectivity index (χ3v) is 2.93. The van der Waals surface area contributed by atoms with Crippen LogP contribution in [0.25, 0.3) is 0 Å². The number of carbonyl (C=O) groups excluding carboxylic acids is 2. The minimum absolute atomic E-state index is 0.0253. The smallest absolute Gasteiger partial charge is 0.236 e. The quantitative estimate of drug-likeness (QED) is 0.607. The molecule has 0 aromatic heterocycles. The Balaban J connectivity index is 2.16. The van der Waals surface area contributed by atoms with Gasteiger partial charge in [0.25, 0.3) is 0 Å². The maximum atomic E-state index is 11.5. The normalized spacial score (nSPS) is 18.1. The predicted octanol–water partition coefficient (Wildman–Crippen LogP) is -0.231. The van der Waals surface area contributed by atoms with Crippen molar-refractivity contribution >= 4 is 11.8 Å². The van der Waals surface area contributed by atoms with E-state index >= 15 is 0 Å². The molecule has 2 amide bonds. The number of hydrogen-bond donors (Lipinski definition) is 3. The van der Waals surface area contributed by atoms with Crippen LogP contribution in [0.5, 0.6) is 0 Å². The van der Waals surface area contributed by atoms with Crippen molar-refractivity contribution in [3.63, 3.8) is 0 Å². The molecule has 1 atom stereocenters. The van der Waals surface area contributed by atoms with Crippen LogP contribution in [0.3, 0.4) is 0 Å². The Bertz CT molecular complexity index is 250. The summed E-state index contributed by atoms with van der Waals surface area (Å²) in [5, 5.41) is 8.37. The first-order chi connectivity index (χ1) is 7.63. The van der Waals surface area contributed by atoms with E-state index in [1.807, 2.05) is 0 Å². The van der Waals surface area contributed by atoms with Crippen LogP contribution in [0.2, 0.25) is 0 Å². The van der Waals surface area contributed by atoms with Crippen LogP contribution in [0.1, 0.15) is 32.6 Å². The first kappa shape index (κ1) is 13.0. The average Bonchev–Trinajstić information content (AvgIpc) is 2.77. The van der Waals surface area contributed by atoms with Crippen molar-refractivity contribution in [2.75, 3.05) is 13.6 Å². The number of carbonyl (C=O) groups is 2. The number of likely N-dealkylation sites (N-methyl/N-ethyl adjacent to an activating group) is 1. The molecule has 1 aliphatic rings. The Labute approximate surface area is 96.4 Å².